The van der Waals surface area contributed by atoms with E-state index in [4.69, 9.17) is 16.3 Å². The molecule has 0 aliphatic heterocycles. The lowest BCUT2D eigenvalue weighted by molar-refractivity contribution is -0.131. The summed E-state index contributed by atoms with van der Waals surface area (Å²) in [6, 6.07) is 8.08. The Balaban J connectivity index is 2.84. The normalized spacial score (nSPS) is 12.8. The zero-order chi connectivity index (χ0) is 19.7. The molecule has 0 bridgehead atoms. The molecule has 0 aliphatic carbocycles. The van der Waals surface area contributed by atoms with E-state index in [1.165, 1.54) is 5.01 Å². The predicted octanol–water partition coefficient (Wildman–Crippen LogP) is 5.41. The molecular formula is C20H26ClIN2O2. The highest BCUT2D eigenvalue weighted by Gasteiger charge is 2.28. The summed E-state index contributed by atoms with van der Waals surface area (Å²) in [5.41, 5.74) is 2.33. The van der Waals surface area contributed by atoms with Crippen molar-refractivity contribution in [2.24, 2.45) is 5.10 Å². The third-order valence-electron chi connectivity index (χ3n) is 3.50. The van der Waals surface area contributed by atoms with Gasteiger partial charge in [0.05, 0.1) is 18.8 Å². The summed E-state index contributed by atoms with van der Waals surface area (Å²) in [5, 5.41) is 5.22. The quantitative estimate of drug-likeness (QED) is 0.0934. The molecule has 6 heteroatoms. The number of nitrogens with zero attached hydrogens (tertiary/aromatic N) is 2. The van der Waals surface area contributed by atoms with Crippen molar-refractivity contribution in [3.63, 3.8) is 0 Å². The first kappa shape index (κ1) is 22.9. The number of ether oxygens (including phenoxy) is 1. The van der Waals surface area contributed by atoms with Gasteiger partial charge in [-0.25, -0.2) is 5.01 Å². The van der Waals surface area contributed by atoms with Gasteiger partial charge in [-0.3, -0.25) is 4.79 Å². The number of benzene rings is 1. The van der Waals surface area contributed by atoms with Crippen molar-refractivity contribution in [3.8, 4) is 0 Å². The van der Waals surface area contributed by atoms with Crippen molar-refractivity contribution in [1.29, 1.82) is 0 Å². The second-order valence-corrected chi connectivity index (χ2v) is 8.20. The third-order valence-corrected chi connectivity index (χ3v) is 4.40. The fraction of sp³-hybridized carbons (Fsp3) is 0.400. The van der Waals surface area contributed by atoms with Crippen LogP contribution in [-0.2, 0) is 16.1 Å². The van der Waals surface area contributed by atoms with Gasteiger partial charge in [0.15, 0.2) is 0 Å². The van der Waals surface area contributed by atoms with Crippen LogP contribution >= 0.6 is 34.2 Å². The Morgan fingerprint density at radius 1 is 1.35 bits per heavy atom. The first-order valence-electron chi connectivity index (χ1n) is 8.29. The SMILES string of the molecule is C=NN(C(=O)/C(Cl)=C(C)/C=C/c1ccc(COCCI)cc1)C(C)(C)C. The summed E-state index contributed by atoms with van der Waals surface area (Å²) in [5.74, 6) is -0.362. The Morgan fingerprint density at radius 3 is 2.46 bits per heavy atom. The minimum Gasteiger partial charge on any atom is -0.376 e. The van der Waals surface area contributed by atoms with E-state index in [0.29, 0.717) is 12.2 Å². The second kappa shape index (κ2) is 10.8. The second-order valence-electron chi connectivity index (χ2n) is 6.74. The van der Waals surface area contributed by atoms with Crippen LogP contribution in [0, 0.1) is 0 Å². The van der Waals surface area contributed by atoms with Crippen LogP contribution in [-0.4, -0.2) is 34.2 Å². The largest absolute Gasteiger partial charge is 0.376 e. The van der Waals surface area contributed by atoms with Crippen LogP contribution in [0.4, 0.5) is 0 Å². The van der Waals surface area contributed by atoms with E-state index in [0.717, 1.165) is 22.2 Å². The lowest BCUT2D eigenvalue weighted by atomic mass is 10.1. The molecule has 0 spiro atoms. The average Bonchev–Trinajstić information content (AvgIpc) is 2.59. The number of carbonyl (C=O) groups is 1. The molecule has 0 unspecified atom stereocenters. The van der Waals surface area contributed by atoms with Gasteiger partial charge in [0.25, 0.3) is 5.91 Å². The number of hydrogen-bond acceptors (Lipinski definition) is 3. The number of alkyl halides is 1. The Hall–Kier alpha value is -1.18. The number of rotatable bonds is 8. The Morgan fingerprint density at radius 2 is 1.96 bits per heavy atom. The van der Waals surface area contributed by atoms with Crippen molar-refractivity contribution >= 4 is 52.9 Å². The fourth-order valence-electron chi connectivity index (χ4n) is 2.11. The maximum absolute atomic E-state index is 12.5. The molecule has 0 fully saturated rings. The molecule has 0 saturated heterocycles. The Bertz CT molecular complexity index is 676. The molecule has 26 heavy (non-hydrogen) atoms. The molecule has 0 saturated carbocycles. The van der Waals surface area contributed by atoms with E-state index in [1.54, 1.807) is 6.92 Å². The molecule has 0 aliphatic rings. The van der Waals surface area contributed by atoms with Crippen molar-refractivity contribution < 1.29 is 9.53 Å². The minimum absolute atomic E-state index is 0.132. The van der Waals surface area contributed by atoms with Crippen LogP contribution in [0.2, 0.25) is 0 Å². The summed E-state index contributed by atoms with van der Waals surface area (Å²) in [6.45, 7) is 12.3. The van der Waals surface area contributed by atoms with Gasteiger partial charge in [0, 0.05) is 11.1 Å². The highest BCUT2D eigenvalue weighted by atomic mass is 127. The van der Waals surface area contributed by atoms with Crippen LogP contribution in [0.3, 0.4) is 0 Å². The van der Waals surface area contributed by atoms with E-state index in [1.807, 2.05) is 57.2 Å². The Labute approximate surface area is 175 Å². The molecule has 0 radical (unpaired) electrons. The molecule has 1 rings (SSSR count). The topological polar surface area (TPSA) is 41.9 Å². The van der Waals surface area contributed by atoms with E-state index < -0.39 is 5.54 Å². The van der Waals surface area contributed by atoms with Gasteiger partial charge in [-0.2, -0.15) is 5.10 Å². The zero-order valence-corrected chi connectivity index (χ0v) is 18.7. The predicted molar refractivity (Wildman–Crippen MR) is 119 cm³/mol. The van der Waals surface area contributed by atoms with Gasteiger partial charge >= 0.3 is 0 Å². The number of carbonyl (C=O) groups excluding carboxylic acids is 1. The smallest absolute Gasteiger partial charge is 0.286 e. The standard InChI is InChI=1S/C20H26ClIN2O2/c1-15(18(21)19(25)24(23-5)20(2,3)4)6-7-16-8-10-17(11-9-16)14-26-13-12-22/h6-11H,5,12-14H2,1-4H3/b7-6+,18-15-. The lowest BCUT2D eigenvalue weighted by Gasteiger charge is -2.30. The van der Waals surface area contributed by atoms with Crippen LogP contribution in [0.25, 0.3) is 6.08 Å². The molecule has 0 N–H and O–H groups in total. The number of hydrazone groups is 1. The summed E-state index contributed by atoms with van der Waals surface area (Å²) in [4.78, 5) is 12.5. The van der Waals surface area contributed by atoms with Crippen molar-refractivity contribution in [3.05, 3.63) is 52.1 Å². The molecule has 1 amide bonds. The van der Waals surface area contributed by atoms with Gasteiger partial charge in [-0.1, -0.05) is 70.6 Å². The van der Waals surface area contributed by atoms with Gasteiger partial charge in [-0.15, -0.1) is 0 Å². The molecule has 0 atom stereocenters. The lowest BCUT2D eigenvalue weighted by Crippen LogP contribution is -2.41. The van der Waals surface area contributed by atoms with Crippen LogP contribution in [0.5, 0.6) is 0 Å². The first-order chi connectivity index (χ1) is 12.2. The Kier molecular flexibility index (Phi) is 9.54. The summed E-state index contributed by atoms with van der Waals surface area (Å²) in [7, 11) is 0. The molecule has 1 aromatic rings. The third kappa shape index (κ3) is 7.21. The van der Waals surface area contributed by atoms with Crippen molar-refractivity contribution in [2.75, 3.05) is 11.0 Å². The molecular weight excluding hydrogens is 463 g/mol. The van der Waals surface area contributed by atoms with E-state index in [9.17, 15) is 4.79 Å². The van der Waals surface area contributed by atoms with Crippen LogP contribution < -0.4 is 0 Å². The van der Waals surface area contributed by atoms with Crippen LogP contribution in [0.1, 0.15) is 38.8 Å². The first-order valence-corrected chi connectivity index (χ1v) is 10.2. The van der Waals surface area contributed by atoms with Gasteiger partial charge < -0.3 is 4.74 Å². The molecule has 1 aromatic carbocycles. The molecule has 142 valence electrons. The fourth-order valence-corrected chi connectivity index (χ4v) is 2.56. The summed E-state index contributed by atoms with van der Waals surface area (Å²) >= 11 is 8.54. The molecule has 0 aromatic heterocycles. The van der Waals surface area contributed by atoms with Crippen LogP contribution in [0.15, 0.2) is 46.0 Å². The summed E-state index contributed by atoms with van der Waals surface area (Å²) < 4.78 is 6.50. The van der Waals surface area contributed by atoms with Gasteiger partial charge in [0.1, 0.15) is 5.03 Å². The highest BCUT2D eigenvalue weighted by molar-refractivity contribution is 14.1. The van der Waals surface area contributed by atoms with Gasteiger partial charge in [0.2, 0.25) is 0 Å². The average molecular weight is 489 g/mol. The minimum atomic E-state index is -0.488. The monoisotopic (exact) mass is 488 g/mol. The van der Waals surface area contributed by atoms with E-state index >= 15 is 0 Å². The van der Waals surface area contributed by atoms with Crippen molar-refractivity contribution in [1.82, 2.24) is 5.01 Å². The molecule has 0 heterocycles. The van der Waals surface area contributed by atoms with Gasteiger partial charge in [-0.05, 0) is 44.4 Å². The maximum atomic E-state index is 12.5. The van der Waals surface area contributed by atoms with E-state index in [2.05, 4.69) is 34.4 Å². The number of hydrogen-bond donors (Lipinski definition) is 0. The van der Waals surface area contributed by atoms with Crippen molar-refractivity contribution in [2.45, 2.75) is 39.8 Å². The molecule has 4 nitrogen and oxygen atoms in total. The number of allylic oxidation sites excluding steroid dienone is 2. The highest BCUT2D eigenvalue weighted by Crippen LogP contribution is 2.22. The maximum Gasteiger partial charge on any atom is 0.286 e. The van der Waals surface area contributed by atoms with E-state index in [-0.39, 0.29) is 10.9 Å². The number of amides is 1. The summed E-state index contributed by atoms with van der Waals surface area (Å²) in [6.07, 6.45) is 3.75. The zero-order valence-electron chi connectivity index (χ0n) is 15.8. The number of halogens is 2.